The smallest absolute Gasteiger partial charge is 0.233 e. The van der Waals surface area contributed by atoms with Crippen molar-refractivity contribution in [1.29, 1.82) is 0 Å². The van der Waals surface area contributed by atoms with Crippen molar-refractivity contribution in [3.63, 3.8) is 0 Å². The first-order valence-electron chi connectivity index (χ1n) is 6.25. The molecule has 4 atom stereocenters. The normalized spacial score (nSPS) is 43.2. The topological polar surface area (TPSA) is 57.6 Å². The molecule has 0 spiro atoms. The molecule has 0 bridgehead atoms. The Morgan fingerprint density at radius 3 is 2.31 bits per heavy atom. The van der Waals surface area contributed by atoms with E-state index < -0.39 is 6.10 Å². The van der Waals surface area contributed by atoms with Crippen LogP contribution in [0.4, 0.5) is 0 Å². The quantitative estimate of drug-likeness (QED) is 0.525. The number of aliphatic hydroxyl groups is 1. The lowest BCUT2D eigenvalue weighted by molar-refractivity contribution is -0.147. The van der Waals surface area contributed by atoms with Crippen LogP contribution in [-0.4, -0.2) is 34.0 Å². The van der Waals surface area contributed by atoms with E-state index in [1.807, 2.05) is 0 Å². The first kappa shape index (κ1) is 10.3. The number of carbonyl (C=O) groups excluding carboxylic acids is 2. The number of hydrogen-bond donors (Lipinski definition) is 1. The molecule has 0 aromatic carbocycles. The minimum absolute atomic E-state index is 0.0269. The molecule has 88 valence electrons. The van der Waals surface area contributed by atoms with Crippen LogP contribution in [0.25, 0.3) is 0 Å². The van der Waals surface area contributed by atoms with Gasteiger partial charge in [0.05, 0.1) is 24.0 Å². The summed E-state index contributed by atoms with van der Waals surface area (Å²) in [6.07, 6.45) is 4.84. The molecule has 16 heavy (non-hydrogen) atoms. The van der Waals surface area contributed by atoms with Crippen LogP contribution in [0.2, 0.25) is 0 Å². The van der Waals surface area contributed by atoms with Gasteiger partial charge in [0.2, 0.25) is 11.8 Å². The Balaban J connectivity index is 1.80. The van der Waals surface area contributed by atoms with Crippen molar-refractivity contribution in [2.75, 3.05) is 0 Å². The van der Waals surface area contributed by atoms with Gasteiger partial charge in [-0.3, -0.25) is 14.5 Å². The third kappa shape index (κ3) is 1.39. The summed E-state index contributed by atoms with van der Waals surface area (Å²) in [5.41, 5.74) is 0. The summed E-state index contributed by atoms with van der Waals surface area (Å²) in [5.74, 6) is -0.132. The van der Waals surface area contributed by atoms with Crippen molar-refractivity contribution in [2.45, 2.75) is 50.7 Å². The number of nitrogens with zero attached hydrogens (tertiary/aromatic N) is 1. The maximum atomic E-state index is 11.9. The van der Waals surface area contributed by atoms with E-state index in [1.165, 1.54) is 4.90 Å². The molecule has 0 aromatic heterocycles. The zero-order valence-electron chi connectivity index (χ0n) is 9.26. The predicted octanol–water partition coefficient (Wildman–Crippen LogP) is 0.685. The Hall–Kier alpha value is -0.900. The Morgan fingerprint density at radius 2 is 1.62 bits per heavy atom. The predicted molar refractivity (Wildman–Crippen MR) is 56.3 cm³/mol. The monoisotopic (exact) mass is 223 g/mol. The number of likely N-dealkylation sites (tertiary alicyclic amines) is 1. The van der Waals surface area contributed by atoms with Crippen LogP contribution in [0.3, 0.4) is 0 Å². The number of aliphatic hydroxyl groups excluding tert-OH is 1. The highest BCUT2D eigenvalue weighted by Gasteiger charge is 2.60. The van der Waals surface area contributed by atoms with Gasteiger partial charge in [0, 0.05) is 0 Å². The van der Waals surface area contributed by atoms with Crippen LogP contribution in [0.5, 0.6) is 0 Å². The molecule has 2 saturated carbocycles. The van der Waals surface area contributed by atoms with E-state index in [0.717, 1.165) is 38.5 Å². The van der Waals surface area contributed by atoms with E-state index in [1.54, 1.807) is 0 Å². The molecule has 3 aliphatic rings. The van der Waals surface area contributed by atoms with E-state index in [4.69, 9.17) is 0 Å². The zero-order valence-corrected chi connectivity index (χ0v) is 9.26. The first-order valence-corrected chi connectivity index (χ1v) is 6.25. The minimum atomic E-state index is -0.507. The van der Waals surface area contributed by atoms with Gasteiger partial charge in [0.1, 0.15) is 0 Å². The number of hydrogen-bond acceptors (Lipinski definition) is 3. The molecule has 1 heterocycles. The second-order valence-electron chi connectivity index (χ2n) is 5.27. The number of imide groups is 1. The van der Waals surface area contributed by atoms with Gasteiger partial charge in [-0.1, -0.05) is 19.3 Å². The average Bonchev–Trinajstić information content (AvgIpc) is 3.01. The van der Waals surface area contributed by atoms with Crippen molar-refractivity contribution in [3.8, 4) is 0 Å². The van der Waals surface area contributed by atoms with Gasteiger partial charge < -0.3 is 5.11 Å². The molecule has 0 aromatic rings. The van der Waals surface area contributed by atoms with Crippen LogP contribution in [-0.2, 0) is 9.59 Å². The van der Waals surface area contributed by atoms with Crippen LogP contribution >= 0.6 is 0 Å². The van der Waals surface area contributed by atoms with Gasteiger partial charge in [-0.05, 0) is 19.3 Å². The Kier molecular flexibility index (Phi) is 2.28. The van der Waals surface area contributed by atoms with Crippen LogP contribution in [0.1, 0.15) is 38.5 Å². The number of fused-ring (bicyclic) bond motifs is 1. The van der Waals surface area contributed by atoms with Gasteiger partial charge >= 0.3 is 0 Å². The molecule has 1 saturated heterocycles. The third-order valence-electron chi connectivity index (χ3n) is 4.18. The van der Waals surface area contributed by atoms with E-state index in [2.05, 4.69) is 0 Å². The minimum Gasteiger partial charge on any atom is -0.391 e. The zero-order chi connectivity index (χ0) is 11.3. The van der Waals surface area contributed by atoms with Gasteiger partial charge in [-0.25, -0.2) is 0 Å². The second-order valence-corrected chi connectivity index (χ2v) is 5.27. The molecule has 0 radical (unpaired) electrons. The molecule has 4 heteroatoms. The summed E-state index contributed by atoms with van der Waals surface area (Å²) in [6.45, 7) is 0. The van der Waals surface area contributed by atoms with E-state index in [9.17, 15) is 14.7 Å². The Labute approximate surface area is 94.6 Å². The number of amides is 2. The standard InChI is InChI=1S/C12H17NO3/c14-10-5-3-1-2-4-9(10)13-11(15)7-6-8(7)12(13)16/h7-10,14H,1-6H2. The average molecular weight is 223 g/mol. The molecular formula is C12H17NO3. The first-order chi connectivity index (χ1) is 7.70. The highest BCUT2D eigenvalue weighted by Crippen LogP contribution is 2.48. The largest absolute Gasteiger partial charge is 0.391 e. The SMILES string of the molecule is O=C1C2CC2C(=O)N1C1CCCCCC1O. The van der Waals surface area contributed by atoms with Crippen molar-refractivity contribution in [2.24, 2.45) is 11.8 Å². The highest BCUT2D eigenvalue weighted by molar-refractivity contribution is 6.09. The van der Waals surface area contributed by atoms with E-state index in [0.29, 0.717) is 0 Å². The molecule has 4 nitrogen and oxygen atoms in total. The summed E-state index contributed by atoms with van der Waals surface area (Å²) in [5, 5.41) is 10.00. The molecule has 2 aliphatic carbocycles. The number of rotatable bonds is 1. The van der Waals surface area contributed by atoms with E-state index in [-0.39, 0.29) is 29.7 Å². The molecule has 4 unspecified atom stereocenters. The summed E-state index contributed by atoms with van der Waals surface area (Å²) in [4.78, 5) is 25.2. The highest BCUT2D eigenvalue weighted by atomic mass is 16.3. The molecule has 1 N–H and O–H groups in total. The lowest BCUT2D eigenvalue weighted by Crippen LogP contribution is -2.47. The fourth-order valence-corrected chi connectivity index (χ4v) is 3.10. The number of piperidine rings is 1. The summed E-state index contributed by atoms with van der Waals surface area (Å²) in [6, 6.07) is -0.240. The van der Waals surface area contributed by atoms with Crippen LogP contribution < -0.4 is 0 Å². The Morgan fingerprint density at radius 1 is 1.00 bits per heavy atom. The summed E-state index contributed by atoms with van der Waals surface area (Å²) in [7, 11) is 0. The maximum absolute atomic E-state index is 11.9. The molecule has 2 amide bonds. The van der Waals surface area contributed by atoms with Crippen LogP contribution in [0.15, 0.2) is 0 Å². The van der Waals surface area contributed by atoms with Gasteiger partial charge in [0.15, 0.2) is 0 Å². The number of carbonyl (C=O) groups is 2. The Bertz CT molecular complexity index is 321. The van der Waals surface area contributed by atoms with Crippen molar-refractivity contribution >= 4 is 11.8 Å². The molecule has 1 aliphatic heterocycles. The molecular weight excluding hydrogens is 206 g/mol. The summed E-state index contributed by atoms with van der Waals surface area (Å²) >= 11 is 0. The van der Waals surface area contributed by atoms with Gasteiger partial charge in [-0.15, -0.1) is 0 Å². The second kappa shape index (κ2) is 3.55. The van der Waals surface area contributed by atoms with Crippen LogP contribution in [0, 0.1) is 11.8 Å². The van der Waals surface area contributed by atoms with Crippen molar-refractivity contribution in [1.82, 2.24) is 4.90 Å². The maximum Gasteiger partial charge on any atom is 0.233 e. The van der Waals surface area contributed by atoms with E-state index >= 15 is 0 Å². The van der Waals surface area contributed by atoms with Gasteiger partial charge in [-0.2, -0.15) is 0 Å². The molecule has 3 fully saturated rings. The van der Waals surface area contributed by atoms with Gasteiger partial charge in [0.25, 0.3) is 0 Å². The summed E-state index contributed by atoms with van der Waals surface area (Å²) < 4.78 is 0. The van der Waals surface area contributed by atoms with Crippen molar-refractivity contribution in [3.05, 3.63) is 0 Å². The fraction of sp³-hybridized carbons (Fsp3) is 0.833. The lowest BCUT2D eigenvalue weighted by Gasteiger charge is -2.30. The fourth-order valence-electron chi connectivity index (χ4n) is 3.10. The van der Waals surface area contributed by atoms with Crippen molar-refractivity contribution < 1.29 is 14.7 Å². The third-order valence-corrected chi connectivity index (χ3v) is 4.18. The lowest BCUT2D eigenvalue weighted by atomic mass is 10.0. The molecule has 3 rings (SSSR count).